The van der Waals surface area contributed by atoms with Crippen LogP contribution in [-0.4, -0.2) is 17.9 Å². The molecule has 0 radical (unpaired) electrons. The van der Waals surface area contributed by atoms with Crippen molar-refractivity contribution >= 4 is 23.6 Å². The summed E-state index contributed by atoms with van der Waals surface area (Å²) in [4.78, 5) is 23.3. The number of ether oxygens (including phenoxy) is 2. The normalized spacial score (nSPS) is 9.88. The van der Waals surface area contributed by atoms with E-state index >= 15 is 0 Å². The van der Waals surface area contributed by atoms with Gasteiger partial charge in [-0.2, -0.15) is 0 Å². The molecule has 0 atom stereocenters. The zero-order chi connectivity index (χ0) is 17.5. The van der Waals surface area contributed by atoms with E-state index in [1.165, 1.54) is 0 Å². The lowest BCUT2D eigenvalue weighted by Gasteiger charge is -2.07. The third-order valence-corrected chi connectivity index (χ3v) is 2.95. The minimum absolute atomic E-state index is 0.186. The Balaban J connectivity index is 1.98. The van der Waals surface area contributed by atoms with Crippen LogP contribution in [0.4, 0.5) is 5.69 Å². The van der Waals surface area contributed by atoms with Gasteiger partial charge in [0.1, 0.15) is 11.5 Å². The number of nitrogens with two attached hydrogens (primary N) is 1. The maximum atomic E-state index is 12.1. The fourth-order valence-electron chi connectivity index (χ4n) is 1.79. The standard InChI is InChI=1S/C17H17N3O4/c1-2-15(21)23-13-7-9-14(10-8-13)24-16(22)11-3-5-12(6-4-11)20-17(18)19/h3-10H,2H2,1H3,(H4,18,19,20). The Morgan fingerprint density at radius 2 is 1.54 bits per heavy atom. The molecule has 0 amide bonds. The first-order valence-corrected chi connectivity index (χ1v) is 7.22. The van der Waals surface area contributed by atoms with Crippen molar-refractivity contribution in [3.05, 3.63) is 54.1 Å². The van der Waals surface area contributed by atoms with Crippen LogP contribution in [0.3, 0.4) is 0 Å². The molecule has 124 valence electrons. The quantitative estimate of drug-likeness (QED) is 0.336. The number of benzene rings is 2. The molecular formula is C17H17N3O4. The van der Waals surface area contributed by atoms with Gasteiger partial charge in [-0.15, -0.1) is 0 Å². The van der Waals surface area contributed by atoms with Gasteiger partial charge < -0.3 is 20.5 Å². The molecule has 2 rings (SSSR count). The topological polar surface area (TPSA) is 114 Å². The van der Waals surface area contributed by atoms with Crippen molar-refractivity contribution < 1.29 is 19.1 Å². The van der Waals surface area contributed by atoms with Crippen LogP contribution in [-0.2, 0) is 4.79 Å². The zero-order valence-corrected chi connectivity index (χ0v) is 13.0. The van der Waals surface area contributed by atoms with Gasteiger partial charge in [0.15, 0.2) is 5.96 Å². The van der Waals surface area contributed by atoms with E-state index in [9.17, 15) is 9.59 Å². The fourth-order valence-corrected chi connectivity index (χ4v) is 1.79. The molecule has 4 N–H and O–H groups in total. The summed E-state index contributed by atoms with van der Waals surface area (Å²) in [6.07, 6.45) is 0.283. The van der Waals surface area contributed by atoms with Crippen LogP contribution in [0.1, 0.15) is 23.7 Å². The second-order valence-corrected chi connectivity index (χ2v) is 4.80. The first kappa shape index (κ1) is 17.0. The van der Waals surface area contributed by atoms with Crippen LogP contribution in [0.15, 0.2) is 48.5 Å². The summed E-state index contributed by atoms with van der Waals surface area (Å²) in [7, 11) is 0. The predicted octanol–water partition coefficient (Wildman–Crippen LogP) is 2.53. The summed E-state index contributed by atoms with van der Waals surface area (Å²) in [5.41, 5.74) is 6.18. The molecule has 0 saturated carbocycles. The SMILES string of the molecule is CCC(=O)Oc1ccc(OC(=O)c2ccc(NC(=N)N)cc2)cc1. The van der Waals surface area contributed by atoms with Crippen LogP contribution < -0.4 is 20.5 Å². The molecule has 0 aliphatic carbocycles. The summed E-state index contributed by atoms with van der Waals surface area (Å²) >= 11 is 0. The number of nitrogens with one attached hydrogen (secondary N) is 2. The molecule has 7 nitrogen and oxygen atoms in total. The molecule has 2 aromatic carbocycles. The zero-order valence-electron chi connectivity index (χ0n) is 13.0. The van der Waals surface area contributed by atoms with E-state index in [0.29, 0.717) is 22.7 Å². The minimum atomic E-state index is -0.525. The highest BCUT2D eigenvalue weighted by Gasteiger charge is 2.09. The first-order chi connectivity index (χ1) is 11.5. The van der Waals surface area contributed by atoms with Gasteiger partial charge >= 0.3 is 11.9 Å². The van der Waals surface area contributed by atoms with Crippen molar-refractivity contribution in [2.75, 3.05) is 5.32 Å². The van der Waals surface area contributed by atoms with E-state index in [0.717, 1.165) is 0 Å². The molecule has 0 aliphatic rings. The average Bonchev–Trinajstić information content (AvgIpc) is 2.56. The summed E-state index contributed by atoms with van der Waals surface area (Å²) in [6, 6.07) is 12.5. The van der Waals surface area contributed by atoms with Crippen molar-refractivity contribution in [3.8, 4) is 11.5 Å². The lowest BCUT2D eigenvalue weighted by atomic mass is 10.2. The Labute approximate surface area is 138 Å². The summed E-state index contributed by atoms with van der Waals surface area (Å²) in [5, 5.41) is 9.75. The van der Waals surface area contributed by atoms with Crippen LogP contribution in [0.2, 0.25) is 0 Å². The third kappa shape index (κ3) is 4.84. The van der Waals surface area contributed by atoms with E-state index in [2.05, 4.69) is 5.32 Å². The first-order valence-electron chi connectivity index (χ1n) is 7.22. The van der Waals surface area contributed by atoms with E-state index in [1.54, 1.807) is 55.5 Å². The van der Waals surface area contributed by atoms with Crippen molar-refractivity contribution in [1.29, 1.82) is 5.41 Å². The molecule has 0 fully saturated rings. The van der Waals surface area contributed by atoms with E-state index in [4.69, 9.17) is 20.6 Å². The number of anilines is 1. The molecule has 7 heteroatoms. The highest BCUT2D eigenvalue weighted by atomic mass is 16.5. The Bertz CT molecular complexity index is 739. The molecule has 0 aliphatic heterocycles. The van der Waals surface area contributed by atoms with Gasteiger partial charge in [-0.05, 0) is 48.5 Å². The maximum absolute atomic E-state index is 12.1. The van der Waals surface area contributed by atoms with Crippen LogP contribution >= 0.6 is 0 Å². The fraction of sp³-hybridized carbons (Fsp3) is 0.118. The van der Waals surface area contributed by atoms with Crippen molar-refractivity contribution in [2.24, 2.45) is 5.73 Å². The number of guanidine groups is 1. The molecule has 0 saturated heterocycles. The predicted molar refractivity (Wildman–Crippen MR) is 89.3 cm³/mol. The van der Waals surface area contributed by atoms with Gasteiger partial charge in [-0.3, -0.25) is 10.2 Å². The number of carbonyl (C=O) groups is 2. The van der Waals surface area contributed by atoms with Gasteiger partial charge in [0.2, 0.25) is 0 Å². The lowest BCUT2D eigenvalue weighted by Crippen LogP contribution is -2.20. The highest BCUT2D eigenvalue weighted by Crippen LogP contribution is 2.19. The van der Waals surface area contributed by atoms with Crippen LogP contribution in [0, 0.1) is 5.41 Å². The van der Waals surface area contributed by atoms with Crippen molar-refractivity contribution in [2.45, 2.75) is 13.3 Å². The largest absolute Gasteiger partial charge is 0.427 e. The van der Waals surface area contributed by atoms with Gasteiger partial charge in [-0.25, -0.2) is 4.79 Å². The number of esters is 2. The Kier molecular flexibility index (Phi) is 5.51. The van der Waals surface area contributed by atoms with E-state index in [1.807, 2.05) is 0 Å². The second kappa shape index (κ2) is 7.77. The van der Waals surface area contributed by atoms with Crippen LogP contribution in [0.25, 0.3) is 0 Å². The Hall–Kier alpha value is -3.35. The summed E-state index contributed by atoms with van der Waals surface area (Å²) in [5.74, 6) is -0.320. The van der Waals surface area contributed by atoms with Gasteiger partial charge in [0, 0.05) is 12.1 Å². The summed E-state index contributed by atoms with van der Waals surface area (Å²) < 4.78 is 10.3. The molecule has 0 unspecified atom stereocenters. The maximum Gasteiger partial charge on any atom is 0.343 e. The minimum Gasteiger partial charge on any atom is -0.427 e. The Morgan fingerprint density at radius 3 is 2.04 bits per heavy atom. The number of rotatable bonds is 5. The molecule has 0 spiro atoms. The van der Waals surface area contributed by atoms with Gasteiger partial charge in [0.05, 0.1) is 5.56 Å². The van der Waals surface area contributed by atoms with E-state index < -0.39 is 5.97 Å². The van der Waals surface area contributed by atoms with Gasteiger partial charge in [0.25, 0.3) is 0 Å². The molecule has 2 aromatic rings. The molecule has 0 heterocycles. The van der Waals surface area contributed by atoms with Gasteiger partial charge in [-0.1, -0.05) is 6.92 Å². The lowest BCUT2D eigenvalue weighted by molar-refractivity contribution is -0.134. The molecule has 0 bridgehead atoms. The number of hydrogen-bond donors (Lipinski definition) is 3. The second-order valence-electron chi connectivity index (χ2n) is 4.80. The highest BCUT2D eigenvalue weighted by molar-refractivity contribution is 5.93. The van der Waals surface area contributed by atoms with Crippen molar-refractivity contribution in [1.82, 2.24) is 0 Å². The summed E-state index contributed by atoms with van der Waals surface area (Å²) in [6.45, 7) is 1.70. The molecule has 24 heavy (non-hydrogen) atoms. The van der Waals surface area contributed by atoms with Crippen LogP contribution in [0.5, 0.6) is 11.5 Å². The number of hydrogen-bond acceptors (Lipinski definition) is 5. The third-order valence-electron chi connectivity index (χ3n) is 2.95. The molecule has 0 aromatic heterocycles. The monoisotopic (exact) mass is 327 g/mol. The Morgan fingerprint density at radius 1 is 1.00 bits per heavy atom. The smallest absolute Gasteiger partial charge is 0.343 e. The molecular weight excluding hydrogens is 310 g/mol. The van der Waals surface area contributed by atoms with Crippen molar-refractivity contribution in [3.63, 3.8) is 0 Å². The van der Waals surface area contributed by atoms with E-state index in [-0.39, 0.29) is 18.3 Å². The average molecular weight is 327 g/mol. The number of carbonyl (C=O) groups excluding carboxylic acids is 2.